The van der Waals surface area contributed by atoms with E-state index in [1.807, 2.05) is 19.0 Å². The topological polar surface area (TPSA) is 64.4 Å². The van der Waals surface area contributed by atoms with Crippen molar-refractivity contribution in [2.24, 2.45) is 0 Å². The van der Waals surface area contributed by atoms with E-state index in [9.17, 15) is 8.42 Å². The van der Waals surface area contributed by atoms with E-state index in [2.05, 4.69) is 0 Å². The van der Waals surface area contributed by atoms with Crippen LogP contribution >= 0.6 is 0 Å². The molecule has 5 nitrogen and oxygen atoms in total. The van der Waals surface area contributed by atoms with E-state index < -0.39 is 15.3 Å². The van der Waals surface area contributed by atoms with E-state index in [4.69, 9.17) is 5.26 Å². The van der Waals surface area contributed by atoms with Crippen LogP contribution in [0.15, 0.2) is 0 Å². The lowest BCUT2D eigenvalue weighted by atomic mass is 10.2. The standard InChI is InChI=1S/C9H17N3O2S/c1-8(6-10)15(13,14)12-5-4-9(7-12)11(2)3/h8-9H,4-5,7H2,1-3H3. The first-order valence-corrected chi connectivity index (χ1v) is 6.45. The molecule has 15 heavy (non-hydrogen) atoms. The maximum atomic E-state index is 11.8. The van der Waals surface area contributed by atoms with Gasteiger partial charge in [0.2, 0.25) is 10.0 Å². The third kappa shape index (κ3) is 2.48. The fourth-order valence-corrected chi connectivity index (χ4v) is 2.97. The molecule has 0 radical (unpaired) electrons. The van der Waals surface area contributed by atoms with Crippen molar-refractivity contribution in [3.63, 3.8) is 0 Å². The Hall–Kier alpha value is -0.640. The summed E-state index contributed by atoms with van der Waals surface area (Å²) in [5.74, 6) is 0. The Labute approximate surface area is 91.3 Å². The summed E-state index contributed by atoms with van der Waals surface area (Å²) in [7, 11) is 0.468. The van der Waals surface area contributed by atoms with Crippen molar-refractivity contribution in [1.29, 1.82) is 5.26 Å². The summed E-state index contributed by atoms with van der Waals surface area (Å²) in [5.41, 5.74) is 0. The van der Waals surface area contributed by atoms with Crippen molar-refractivity contribution in [2.75, 3.05) is 27.2 Å². The van der Waals surface area contributed by atoms with Gasteiger partial charge < -0.3 is 4.90 Å². The first kappa shape index (κ1) is 12.4. The average molecular weight is 231 g/mol. The third-order valence-corrected chi connectivity index (χ3v) is 4.90. The molecule has 1 aliphatic rings. The molecular weight excluding hydrogens is 214 g/mol. The van der Waals surface area contributed by atoms with Gasteiger partial charge in [-0.1, -0.05) is 0 Å². The average Bonchev–Trinajstić information content (AvgIpc) is 2.65. The van der Waals surface area contributed by atoms with Crippen molar-refractivity contribution in [2.45, 2.75) is 24.6 Å². The largest absolute Gasteiger partial charge is 0.305 e. The molecule has 0 aromatic carbocycles. The minimum absolute atomic E-state index is 0.269. The molecule has 1 fully saturated rings. The molecule has 0 bridgehead atoms. The van der Waals surface area contributed by atoms with Crippen LogP contribution in [0.3, 0.4) is 0 Å². The fraction of sp³-hybridized carbons (Fsp3) is 0.889. The lowest BCUT2D eigenvalue weighted by molar-refractivity contribution is 0.302. The zero-order valence-electron chi connectivity index (χ0n) is 9.34. The van der Waals surface area contributed by atoms with Crippen LogP contribution in [-0.4, -0.2) is 56.1 Å². The van der Waals surface area contributed by atoms with Gasteiger partial charge in [0, 0.05) is 19.1 Å². The lowest BCUT2D eigenvalue weighted by Crippen LogP contribution is -2.38. The molecule has 6 heteroatoms. The fourth-order valence-electron chi connectivity index (χ4n) is 1.65. The SMILES string of the molecule is CC(C#N)S(=O)(=O)N1CCC(N(C)C)C1. The summed E-state index contributed by atoms with van der Waals surface area (Å²) in [5, 5.41) is 7.69. The number of hydrogen-bond acceptors (Lipinski definition) is 4. The van der Waals surface area contributed by atoms with E-state index >= 15 is 0 Å². The van der Waals surface area contributed by atoms with E-state index in [1.54, 1.807) is 6.07 Å². The van der Waals surface area contributed by atoms with Crippen LogP contribution in [0.25, 0.3) is 0 Å². The van der Waals surface area contributed by atoms with Gasteiger partial charge in [0.25, 0.3) is 0 Å². The van der Waals surface area contributed by atoms with Crippen molar-refractivity contribution in [3.8, 4) is 6.07 Å². The summed E-state index contributed by atoms with van der Waals surface area (Å²) in [6.45, 7) is 2.46. The van der Waals surface area contributed by atoms with Gasteiger partial charge >= 0.3 is 0 Å². The molecule has 0 aromatic rings. The van der Waals surface area contributed by atoms with Crippen molar-refractivity contribution >= 4 is 10.0 Å². The molecule has 1 rings (SSSR count). The zero-order chi connectivity index (χ0) is 11.6. The van der Waals surface area contributed by atoms with Gasteiger partial charge in [-0.25, -0.2) is 8.42 Å². The molecule has 2 unspecified atom stereocenters. The first-order chi connectivity index (χ1) is 6.89. The highest BCUT2D eigenvalue weighted by molar-refractivity contribution is 7.89. The first-order valence-electron chi connectivity index (χ1n) is 4.94. The molecule has 1 saturated heterocycles. The number of nitrogens with zero attached hydrogens (tertiary/aromatic N) is 3. The third-order valence-electron chi connectivity index (χ3n) is 2.84. The molecular formula is C9H17N3O2S. The maximum Gasteiger partial charge on any atom is 0.230 e. The number of likely N-dealkylation sites (N-methyl/N-ethyl adjacent to an activating group) is 1. The van der Waals surface area contributed by atoms with Gasteiger partial charge in [-0.15, -0.1) is 0 Å². The molecule has 0 spiro atoms. The molecule has 0 amide bonds. The normalized spacial score (nSPS) is 25.4. The Morgan fingerprint density at radius 3 is 2.53 bits per heavy atom. The zero-order valence-corrected chi connectivity index (χ0v) is 10.2. The van der Waals surface area contributed by atoms with Crippen molar-refractivity contribution in [3.05, 3.63) is 0 Å². The smallest absolute Gasteiger partial charge is 0.230 e. The predicted octanol–water partition coefficient (Wildman–Crippen LogP) is -0.136. The highest BCUT2D eigenvalue weighted by Crippen LogP contribution is 2.19. The minimum atomic E-state index is -3.41. The summed E-state index contributed by atoms with van der Waals surface area (Å²) >= 11 is 0. The quantitative estimate of drug-likeness (QED) is 0.678. The predicted molar refractivity (Wildman–Crippen MR) is 57.7 cm³/mol. The number of hydrogen-bond donors (Lipinski definition) is 0. The van der Waals surface area contributed by atoms with Crippen LogP contribution in [0, 0.1) is 11.3 Å². The van der Waals surface area contributed by atoms with Gasteiger partial charge in [0.05, 0.1) is 6.07 Å². The van der Waals surface area contributed by atoms with Gasteiger partial charge in [-0.05, 0) is 27.4 Å². The van der Waals surface area contributed by atoms with Gasteiger partial charge in [-0.3, -0.25) is 0 Å². The van der Waals surface area contributed by atoms with Crippen LogP contribution < -0.4 is 0 Å². The van der Waals surface area contributed by atoms with E-state index in [0.717, 1.165) is 6.42 Å². The van der Waals surface area contributed by atoms with Gasteiger partial charge in [-0.2, -0.15) is 9.57 Å². The van der Waals surface area contributed by atoms with Crippen LogP contribution in [0.2, 0.25) is 0 Å². The van der Waals surface area contributed by atoms with Gasteiger partial charge in [0.15, 0.2) is 5.25 Å². The molecule has 2 atom stereocenters. The summed E-state index contributed by atoms with van der Waals surface area (Å²) < 4.78 is 25.1. The summed E-state index contributed by atoms with van der Waals surface area (Å²) in [6.07, 6.45) is 0.838. The van der Waals surface area contributed by atoms with Crippen LogP contribution in [0.5, 0.6) is 0 Å². The molecule has 0 aromatic heterocycles. The van der Waals surface area contributed by atoms with E-state index in [0.29, 0.717) is 13.1 Å². The van der Waals surface area contributed by atoms with Gasteiger partial charge in [0.1, 0.15) is 0 Å². The summed E-state index contributed by atoms with van der Waals surface area (Å²) in [4.78, 5) is 2.02. The Bertz CT molecular complexity index is 358. The van der Waals surface area contributed by atoms with Crippen molar-refractivity contribution < 1.29 is 8.42 Å². The highest BCUT2D eigenvalue weighted by atomic mass is 32.2. The molecule has 0 aliphatic carbocycles. The van der Waals surface area contributed by atoms with Crippen LogP contribution in [-0.2, 0) is 10.0 Å². The second-order valence-corrected chi connectivity index (χ2v) is 6.33. The number of rotatable bonds is 3. The Morgan fingerprint density at radius 2 is 2.13 bits per heavy atom. The highest BCUT2D eigenvalue weighted by Gasteiger charge is 2.35. The lowest BCUT2D eigenvalue weighted by Gasteiger charge is -2.20. The maximum absolute atomic E-state index is 11.8. The van der Waals surface area contributed by atoms with Crippen LogP contribution in [0.4, 0.5) is 0 Å². The molecule has 86 valence electrons. The summed E-state index contributed by atoms with van der Waals surface area (Å²) in [6, 6.07) is 2.05. The van der Waals surface area contributed by atoms with E-state index in [1.165, 1.54) is 11.2 Å². The second kappa shape index (κ2) is 4.47. The molecule has 0 N–H and O–H groups in total. The Kier molecular flexibility index (Phi) is 3.71. The number of sulfonamides is 1. The monoisotopic (exact) mass is 231 g/mol. The molecule has 0 saturated carbocycles. The number of nitriles is 1. The van der Waals surface area contributed by atoms with Crippen molar-refractivity contribution in [1.82, 2.24) is 9.21 Å². The second-order valence-electron chi connectivity index (χ2n) is 4.08. The Balaban J connectivity index is 2.74. The minimum Gasteiger partial charge on any atom is -0.305 e. The van der Waals surface area contributed by atoms with E-state index in [-0.39, 0.29) is 6.04 Å². The molecule has 1 heterocycles. The van der Waals surface area contributed by atoms with Crippen LogP contribution in [0.1, 0.15) is 13.3 Å². The Morgan fingerprint density at radius 1 is 1.53 bits per heavy atom. The molecule has 1 aliphatic heterocycles.